The maximum absolute atomic E-state index is 3.98. The topological polar surface area (TPSA) is 42.7 Å². The molecule has 4 nitrogen and oxygen atoms in total. The smallest absolute Gasteiger partial charge is 0.113 e. The number of nitrogens with one attached hydrogen (secondary N) is 1. The molecular formula is C13H20N4. The van der Waals surface area contributed by atoms with E-state index in [0.29, 0.717) is 0 Å². The molecule has 92 valence electrons. The van der Waals surface area contributed by atoms with Gasteiger partial charge in [-0.15, -0.1) is 5.10 Å². The molecule has 1 N–H and O–H groups in total. The van der Waals surface area contributed by atoms with Gasteiger partial charge in [0.05, 0.1) is 12.1 Å². The number of fused-ring (bicyclic) bond motifs is 1. The van der Waals surface area contributed by atoms with Crippen LogP contribution in [0.5, 0.6) is 0 Å². The fraction of sp³-hybridized carbons (Fsp3) is 0.538. The summed E-state index contributed by atoms with van der Waals surface area (Å²) >= 11 is 0. The molecule has 17 heavy (non-hydrogen) atoms. The molecule has 4 bridgehead atoms. The van der Waals surface area contributed by atoms with Crippen LogP contribution in [0, 0.1) is 0 Å². The lowest BCUT2D eigenvalue weighted by atomic mass is 10.1. The van der Waals surface area contributed by atoms with E-state index >= 15 is 0 Å². The molecule has 1 aromatic heterocycles. The minimum atomic E-state index is 0.902. The lowest BCUT2D eigenvalue weighted by Crippen LogP contribution is -2.14. The second kappa shape index (κ2) is 5.77. The van der Waals surface area contributed by atoms with Crippen LogP contribution in [0.25, 0.3) is 11.0 Å². The summed E-state index contributed by atoms with van der Waals surface area (Å²) in [6, 6.07) is 6.27. The Morgan fingerprint density at radius 2 is 2.00 bits per heavy atom. The molecule has 1 aromatic carbocycles. The minimum absolute atomic E-state index is 0.902. The van der Waals surface area contributed by atoms with Crippen molar-refractivity contribution in [1.29, 1.82) is 0 Å². The zero-order valence-corrected chi connectivity index (χ0v) is 10.6. The first-order valence-corrected chi connectivity index (χ1v) is 6.38. The van der Waals surface area contributed by atoms with E-state index in [0.717, 1.165) is 17.6 Å². The predicted octanol–water partition coefficient (Wildman–Crippen LogP) is 2.19. The Labute approximate surface area is 102 Å². The van der Waals surface area contributed by atoms with Crippen LogP contribution >= 0.6 is 0 Å². The lowest BCUT2D eigenvalue weighted by molar-refractivity contribution is 0.662. The van der Waals surface area contributed by atoms with Gasteiger partial charge in [0.15, 0.2) is 0 Å². The van der Waals surface area contributed by atoms with Crippen molar-refractivity contribution in [2.75, 3.05) is 13.1 Å². The zero-order valence-electron chi connectivity index (χ0n) is 10.6. The summed E-state index contributed by atoms with van der Waals surface area (Å²) in [5.41, 5.74) is 3.47. The number of nitrogens with zero attached hydrogens (tertiary/aromatic N) is 3. The van der Waals surface area contributed by atoms with Gasteiger partial charge in [0, 0.05) is 0 Å². The number of benzene rings is 1. The first-order chi connectivity index (χ1) is 8.35. The Hall–Kier alpha value is -1.42. The van der Waals surface area contributed by atoms with E-state index < -0.39 is 0 Å². The third kappa shape index (κ3) is 2.82. The van der Waals surface area contributed by atoms with E-state index in [1.54, 1.807) is 0 Å². The summed E-state index contributed by atoms with van der Waals surface area (Å²) < 4.78 is 1.92. The highest BCUT2D eigenvalue weighted by Gasteiger charge is 2.11. The molecule has 2 aromatic rings. The average molecular weight is 232 g/mol. The largest absolute Gasteiger partial charge is 0.317 e. The van der Waals surface area contributed by atoms with Gasteiger partial charge in [0.2, 0.25) is 0 Å². The number of rotatable bonds is 4. The number of hydrogen-bond donors (Lipinski definition) is 1. The maximum atomic E-state index is 3.98. The molecule has 0 saturated heterocycles. The first-order valence-electron chi connectivity index (χ1n) is 6.38. The van der Waals surface area contributed by atoms with Crippen molar-refractivity contribution >= 4 is 11.0 Å². The van der Waals surface area contributed by atoms with Crippen molar-refractivity contribution in [3.05, 3.63) is 23.8 Å². The van der Waals surface area contributed by atoms with E-state index in [1.807, 2.05) is 4.68 Å². The molecule has 0 amide bonds. The molecule has 2 aliphatic rings. The molecule has 0 unspecified atom stereocenters. The van der Waals surface area contributed by atoms with Gasteiger partial charge < -0.3 is 5.32 Å². The SMILES string of the molecule is CCCNCCC.c1cc2c3cc1Cn2nn3. The fourth-order valence-electron chi connectivity index (χ4n) is 1.88. The summed E-state index contributed by atoms with van der Waals surface area (Å²) in [5, 5.41) is 11.2. The van der Waals surface area contributed by atoms with Crippen LogP contribution in [0.15, 0.2) is 18.2 Å². The van der Waals surface area contributed by atoms with E-state index in [9.17, 15) is 0 Å². The molecule has 2 aliphatic heterocycles. The summed E-state index contributed by atoms with van der Waals surface area (Å²) in [6.45, 7) is 7.62. The summed E-state index contributed by atoms with van der Waals surface area (Å²) in [4.78, 5) is 0. The van der Waals surface area contributed by atoms with Crippen molar-refractivity contribution in [1.82, 2.24) is 20.3 Å². The quantitative estimate of drug-likeness (QED) is 0.701. The van der Waals surface area contributed by atoms with Crippen LogP contribution in [0.2, 0.25) is 0 Å². The molecule has 0 spiro atoms. The van der Waals surface area contributed by atoms with Crippen LogP contribution in [-0.2, 0) is 6.54 Å². The van der Waals surface area contributed by atoms with Crippen LogP contribution in [-0.4, -0.2) is 28.1 Å². The third-order valence-corrected chi connectivity index (χ3v) is 2.76. The second-order valence-electron chi connectivity index (χ2n) is 4.32. The van der Waals surface area contributed by atoms with Crippen LogP contribution in [0.1, 0.15) is 32.3 Å². The van der Waals surface area contributed by atoms with E-state index in [1.165, 1.54) is 31.5 Å². The van der Waals surface area contributed by atoms with Crippen molar-refractivity contribution in [3.63, 3.8) is 0 Å². The number of aromatic nitrogens is 3. The van der Waals surface area contributed by atoms with Crippen LogP contribution in [0.4, 0.5) is 0 Å². The van der Waals surface area contributed by atoms with Gasteiger partial charge in [0.1, 0.15) is 5.52 Å². The van der Waals surface area contributed by atoms with E-state index in [-0.39, 0.29) is 0 Å². The van der Waals surface area contributed by atoms with Gasteiger partial charge in [-0.05, 0) is 43.6 Å². The summed E-state index contributed by atoms with van der Waals surface area (Å²) in [5.74, 6) is 0. The molecule has 0 aliphatic carbocycles. The fourth-order valence-corrected chi connectivity index (χ4v) is 1.88. The molecule has 0 radical (unpaired) electrons. The summed E-state index contributed by atoms with van der Waals surface area (Å²) in [6.07, 6.45) is 2.50. The lowest BCUT2D eigenvalue weighted by Gasteiger charge is -2.07. The Bertz CT molecular complexity index is 471. The highest BCUT2D eigenvalue weighted by molar-refractivity contribution is 5.76. The Kier molecular flexibility index (Phi) is 4.09. The monoisotopic (exact) mass is 232 g/mol. The molecule has 0 saturated carbocycles. The van der Waals surface area contributed by atoms with Crippen molar-refractivity contribution in [3.8, 4) is 0 Å². The molecule has 3 heterocycles. The molecule has 4 rings (SSSR count). The van der Waals surface area contributed by atoms with Gasteiger partial charge in [0.25, 0.3) is 0 Å². The van der Waals surface area contributed by atoms with E-state index in [2.05, 4.69) is 47.7 Å². The standard InChI is InChI=1S/C7H5N3.C6H15N/c1-2-7-6-3-5(1)4-10(7)9-8-6;1-3-5-7-6-4-2/h1-3H,4H2;7H,3-6H2,1-2H3. The molecule has 0 atom stereocenters. The maximum Gasteiger partial charge on any atom is 0.113 e. The van der Waals surface area contributed by atoms with Crippen molar-refractivity contribution < 1.29 is 0 Å². The predicted molar refractivity (Wildman–Crippen MR) is 70.1 cm³/mol. The van der Waals surface area contributed by atoms with Gasteiger partial charge in [-0.25, -0.2) is 4.68 Å². The van der Waals surface area contributed by atoms with E-state index in [4.69, 9.17) is 0 Å². The Balaban J connectivity index is 0.000000139. The number of hydrogen-bond acceptors (Lipinski definition) is 3. The highest BCUT2D eigenvalue weighted by Crippen LogP contribution is 2.20. The van der Waals surface area contributed by atoms with Gasteiger partial charge in [-0.3, -0.25) is 0 Å². The van der Waals surface area contributed by atoms with Crippen molar-refractivity contribution in [2.45, 2.75) is 33.2 Å². The van der Waals surface area contributed by atoms with Gasteiger partial charge in [-0.2, -0.15) is 0 Å². The van der Waals surface area contributed by atoms with Gasteiger partial charge in [-0.1, -0.05) is 25.1 Å². The molecule has 4 heteroatoms. The summed E-state index contributed by atoms with van der Waals surface area (Å²) in [7, 11) is 0. The second-order valence-corrected chi connectivity index (χ2v) is 4.32. The minimum Gasteiger partial charge on any atom is -0.317 e. The Morgan fingerprint density at radius 3 is 2.53 bits per heavy atom. The van der Waals surface area contributed by atoms with Gasteiger partial charge >= 0.3 is 0 Å². The zero-order chi connectivity index (χ0) is 12.1. The third-order valence-electron chi connectivity index (χ3n) is 2.76. The average Bonchev–Trinajstić information content (AvgIpc) is 2.67. The highest BCUT2D eigenvalue weighted by atomic mass is 15.4. The van der Waals surface area contributed by atoms with Crippen LogP contribution in [0.3, 0.4) is 0 Å². The molecular weight excluding hydrogens is 212 g/mol. The molecule has 0 fully saturated rings. The van der Waals surface area contributed by atoms with Crippen molar-refractivity contribution in [2.24, 2.45) is 0 Å². The first kappa shape index (κ1) is 12.0. The Morgan fingerprint density at radius 1 is 1.24 bits per heavy atom. The normalized spacial score (nSPS) is 11.9. The van der Waals surface area contributed by atoms with Crippen LogP contribution < -0.4 is 5.32 Å².